The molecule has 2 aromatic carbocycles. The van der Waals surface area contributed by atoms with Crippen molar-refractivity contribution in [3.05, 3.63) is 69.2 Å². The van der Waals surface area contributed by atoms with Gasteiger partial charge in [-0.15, -0.1) is 4.83 Å². The summed E-state index contributed by atoms with van der Waals surface area (Å²) in [5.41, 5.74) is 1.83. The molecule has 0 radical (unpaired) electrons. The van der Waals surface area contributed by atoms with Crippen molar-refractivity contribution < 1.29 is 18.1 Å². The number of halogens is 1. The fraction of sp³-hybridized carbons (Fsp3) is 0. The first kappa shape index (κ1) is 16.9. The molecule has 2 rings (SSSR count). The zero-order valence-corrected chi connectivity index (χ0v) is 13.0. The Kier molecular flexibility index (Phi) is 4.94. The number of hydrazine groups is 1. The van der Waals surface area contributed by atoms with Crippen LogP contribution in [0.4, 0.5) is 5.69 Å². The molecule has 0 unspecified atom stereocenters. The van der Waals surface area contributed by atoms with Gasteiger partial charge in [0.25, 0.3) is 21.6 Å². The highest BCUT2D eigenvalue weighted by molar-refractivity contribution is 7.89. The number of nitro groups is 1. The molecule has 120 valence electrons. The number of nitrogens with one attached hydrogen (secondary N) is 2. The molecule has 1 amide bonds. The minimum atomic E-state index is -4.14. The number of nitro benzene ring substituents is 1. The number of nitrogens with zero attached hydrogens (tertiary/aromatic N) is 1. The predicted octanol–water partition coefficient (Wildman–Crippen LogP) is 1.87. The Balaban J connectivity index is 2.12. The fourth-order valence-corrected chi connectivity index (χ4v) is 2.61. The van der Waals surface area contributed by atoms with Crippen molar-refractivity contribution in [3.8, 4) is 0 Å². The third kappa shape index (κ3) is 4.25. The second kappa shape index (κ2) is 6.73. The third-order valence-electron chi connectivity index (χ3n) is 2.74. The minimum absolute atomic E-state index is 0.191. The van der Waals surface area contributed by atoms with Gasteiger partial charge in [-0.2, -0.15) is 0 Å². The van der Waals surface area contributed by atoms with Gasteiger partial charge >= 0.3 is 0 Å². The number of rotatable bonds is 5. The zero-order chi connectivity index (χ0) is 17.0. The Labute approximate surface area is 136 Å². The molecule has 2 aromatic rings. The van der Waals surface area contributed by atoms with Crippen LogP contribution in [0.1, 0.15) is 10.4 Å². The summed E-state index contributed by atoms with van der Waals surface area (Å²) in [6, 6.07) is 10.2. The van der Waals surface area contributed by atoms with Crippen LogP contribution in [0, 0.1) is 10.1 Å². The normalized spacial score (nSPS) is 11.0. The summed E-state index contributed by atoms with van der Waals surface area (Å²) in [5.74, 6) is -0.698. The predicted molar refractivity (Wildman–Crippen MR) is 82.3 cm³/mol. The van der Waals surface area contributed by atoms with Crippen molar-refractivity contribution in [3.63, 3.8) is 0 Å². The maximum atomic E-state index is 12.0. The SMILES string of the molecule is O=C(NNS(=O)(=O)c1cccc([N+](=O)[O-])c1)c1ccc(Cl)cc1. The van der Waals surface area contributed by atoms with Gasteiger partial charge in [-0.25, -0.2) is 8.42 Å². The van der Waals surface area contributed by atoms with Crippen LogP contribution in [-0.4, -0.2) is 19.2 Å². The van der Waals surface area contributed by atoms with E-state index < -0.39 is 20.9 Å². The van der Waals surface area contributed by atoms with Gasteiger partial charge in [0, 0.05) is 22.7 Å². The van der Waals surface area contributed by atoms with E-state index in [1.807, 2.05) is 10.3 Å². The highest BCUT2D eigenvalue weighted by atomic mass is 35.5. The van der Waals surface area contributed by atoms with Gasteiger partial charge in [-0.3, -0.25) is 20.3 Å². The summed E-state index contributed by atoms with van der Waals surface area (Å²) in [4.78, 5) is 23.3. The molecular weight excluding hydrogens is 346 g/mol. The van der Waals surface area contributed by atoms with Gasteiger partial charge in [0.1, 0.15) is 0 Å². The highest BCUT2D eigenvalue weighted by Crippen LogP contribution is 2.16. The average Bonchev–Trinajstić information content (AvgIpc) is 2.53. The Hall–Kier alpha value is -2.49. The molecule has 0 saturated carbocycles. The van der Waals surface area contributed by atoms with Crippen LogP contribution in [-0.2, 0) is 10.0 Å². The van der Waals surface area contributed by atoms with Crippen LogP contribution in [0.3, 0.4) is 0 Å². The molecule has 23 heavy (non-hydrogen) atoms. The van der Waals surface area contributed by atoms with Gasteiger partial charge in [-0.1, -0.05) is 17.7 Å². The second-order valence-electron chi connectivity index (χ2n) is 4.32. The number of benzene rings is 2. The number of hydrogen-bond donors (Lipinski definition) is 2. The summed E-state index contributed by atoms with van der Waals surface area (Å²) >= 11 is 5.69. The number of sulfonamides is 1. The standard InChI is InChI=1S/C13H10ClN3O5S/c14-10-6-4-9(5-7-10)13(18)15-16-23(21,22)12-3-1-2-11(8-12)17(19)20/h1-8,16H,(H,15,18). The lowest BCUT2D eigenvalue weighted by Crippen LogP contribution is -2.41. The second-order valence-corrected chi connectivity index (χ2v) is 6.44. The van der Waals surface area contributed by atoms with Gasteiger partial charge in [0.15, 0.2) is 0 Å². The molecule has 0 fully saturated rings. The smallest absolute Gasteiger partial charge is 0.270 e. The first-order chi connectivity index (χ1) is 10.8. The first-order valence-electron chi connectivity index (χ1n) is 6.12. The lowest BCUT2D eigenvalue weighted by Gasteiger charge is -2.08. The topological polar surface area (TPSA) is 118 Å². The molecular formula is C13H10ClN3O5S. The van der Waals surface area contributed by atoms with Crippen LogP contribution < -0.4 is 10.3 Å². The van der Waals surface area contributed by atoms with Crippen molar-refractivity contribution in [2.45, 2.75) is 4.90 Å². The minimum Gasteiger partial charge on any atom is -0.273 e. The molecule has 0 spiro atoms. The molecule has 0 aliphatic heterocycles. The third-order valence-corrected chi connectivity index (χ3v) is 4.24. The monoisotopic (exact) mass is 355 g/mol. The van der Waals surface area contributed by atoms with Crippen molar-refractivity contribution in [1.29, 1.82) is 0 Å². The average molecular weight is 356 g/mol. The largest absolute Gasteiger partial charge is 0.273 e. The first-order valence-corrected chi connectivity index (χ1v) is 7.98. The number of non-ortho nitro benzene ring substituents is 1. The summed E-state index contributed by atoms with van der Waals surface area (Å²) in [5, 5.41) is 11.1. The van der Waals surface area contributed by atoms with E-state index in [2.05, 4.69) is 0 Å². The summed E-state index contributed by atoms with van der Waals surface area (Å²) in [6.07, 6.45) is 0. The molecule has 10 heteroatoms. The Morgan fingerprint density at radius 2 is 1.78 bits per heavy atom. The van der Waals surface area contributed by atoms with E-state index in [4.69, 9.17) is 11.6 Å². The van der Waals surface area contributed by atoms with Gasteiger partial charge in [-0.05, 0) is 30.3 Å². The summed E-state index contributed by atoms with van der Waals surface area (Å²) < 4.78 is 24.1. The van der Waals surface area contributed by atoms with E-state index in [1.165, 1.54) is 36.4 Å². The molecule has 0 bridgehead atoms. The Morgan fingerprint density at radius 1 is 1.13 bits per heavy atom. The molecule has 0 aromatic heterocycles. The van der Waals surface area contributed by atoms with Crippen LogP contribution in [0.2, 0.25) is 5.02 Å². The lowest BCUT2D eigenvalue weighted by molar-refractivity contribution is -0.385. The lowest BCUT2D eigenvalue weighted by atomic mass is 10.2. The maximum absolute atomic E-state index is 12.0. The molecule has 8 nitrogen and oxygen atoms in total. The van der Waals surface area contributed by atoms with Crippen molar-refractivity contribution in [1.82, 2.24) is 10.3 Å². The van der Waals surface area contributed by atoms with E-state index in [0.717, 1.165) is 12.1 Å². The summed E-state index contributed by atoms with van der Waals surface area (Å²) in [6.45, 7) is 0. The maximum Gasteiger partial charge on any atom is 0.270 e. The van der Waals surface area contributed by atoms with E-state index in [9.17, 15) is 23.3 Å². The Bertz CT molecular complexity index is 852. The molecule has 0 aliphatic carbocycles. The molecule has 0 aliphatic rings. The van der Waals surface area contributed by atoms with E-state index in [1.54, 1.807) is 0 Å². The van der Waals surface area contributed by atoms with Gasteiger partial charge in [0.2, 0.25) is 0 Å². The fourth-order valence-electron chi connectivity index (χ4n) is 1.61. The van der Waals surface area contributed by atoms with Crippen LogP contribution >= 0.6 is 11.6 Å². The molecule has 0 heterocycles. The molecule has 0 atom stereocenters. The van der Waals surface area contributed by atoms with Crippen molar-refractivity contribution in [2.24, 2.45) is 0 Å². The number of amides is 1. The number of carbonyl (C=O) groups is 1. The van der Waals surface area contributed by atoms with Crippen molar-refractivity contribution >= 4 is 33.2 Å². The number of carbonyl (C=O) groups excluding carboxylic acids is 1. The van der Waals surface area contributed by atoms with Gasteiger partial charge < -0.3 is 0 Å². The van der Waals surface area contributed by atoms with Gasteiger partial charge in [0.05, 0.1) is 9.82 Å². The quantitative estimate of drug-likeness (QED) is 0.627. The molecule has 0 saturated heterocycles. The van der Waals surface area contributed by atoms with Crippen LogP contribution in [0.25, 0.3) is 0 Å². The van der Waals surface area contributed by atoms with E-state index in [0.29, 0.717) is 5.02 Å². The highest BCUT2D eigenvalue weighted by Gasteiger charge is 2.18. The van der Waals surface area contributed by atoms with Crippen molar-refractivity contribution in [2.75, 3.05) is 0 Å². The van der Waals surface area contributed by atoms with Crippen LogP contribution in [0.5, 0.6) is 0 Å². The molecule has 2 N–H and O–H groups in total. The Morgan fingerprint density at radius 3 is 2.39 bits per heavy atom. The summed E-state index contributed by atoms with van der Waals surface area (Å²) in [7, 11) is -4.14. The van der Waals surface area contributed by atoms with E-state index in [-0.39, 0.29) is 16.1 Å². The zero-order valence-electron chi connectivity index (χ0n) is 11.4. The number of hydrogen-bond acceptors (Lipinski definition) is 5. The van der Waals surface area contributed by atoms with Crippen LogP contribution in [0.15, 0.2) is 53.4 Å². The van der Waals surface area contributed by atoms with E-state index >= 15 is 0 Å².